The number of nitrogens with zero attached hydrogens (tertiary/aromatic N) is 3. The van der Waals surface area contributed by atoms with Crippen LogP contribution in [0.25, 0.3) is 0 Å². The van der Waals surface area contributed by atoms with Gasteiger partial charge >= 0.3 is 0 Å². The van der Waals surface area contributed by atoms with Gasteiger partial charge in [-0.15, -0.1) is 0 Å². The molecule has 22 heavy (non-hydrogen) atoms. The van der Waals surface area contributed by atoms with E-state index in [0.29, 0.717) is 17.9 Å². The molecule has 0 saturated carbocycles. The van der Waals surface area contributed by atoms with Gasteiger partial charge in [0.15, 0.2) is 5.82 Å². The smallest absolute Gasteiger partial charge is 0.254 e. The minimum absolute atomic E-state index is 0.0381. The van der Waals surface area contributed by atoms with Crippen molar-refractivity contribution in [2.75, 3.05) is 6.54 Å². The molecule has 116 valence electrons. The predicted octanol–water partition coefficient (Wildman–Crippen LogP) is 3.19. The molecule has 1 unspecified atom stereocenters. The normalized spacial score (nSPS) is 19.0. The lowest BCUT2D eigenvalue weighted by Gasteiger charge is -2.28. The number of phenols is 1. The minimum Gasteiger partial charge on any atom is -0.506 e. The molecule has 6 nitrogen and oxygen atoms in total. The molecule has 0 spiro atoms. The van der Waals surface area contributed by atoms with E-state index in [0.717, 1.165) is 25.7 Å². The number of likely N-dealkylation sites (tertiary alicyclic amines) is 1. The first kappa shape index (κ1) is 14.8. The van der Waals surface area contributed by atoms with Gasteiger partial charge in [-0.1, -0.05) is 29.6 Å². The quantitative estimate of drug-likeness (QED) is 0.919. The zero-order valence-electron chi connectivity index (χ0n) is 11.9. The first-order valence-electron chi connectivity index (χ1n) is 7.22. The van der Waals surface area contributed by atoms with Crippen LogP contribution in [0.2, 0.25) is 5.02 Å². The number of halogens is 1. The average molecular weight is 322 g/mol. The highest BCUT2D eigenvalue weighted by molar-refractivity contribution is 6.32. The summed E-state index contributed by atoms with van der Waals surface area (Å²) in [5.41, 5.74) is 0.443. The van der Waals surface area contributed by atoms with Crippen molar-refractivity contribution in [3.05, 3.63) is 41.0 Å². The molecule has 2 aromatic rings. The van der Waals surface area contributed by atoms with Gasteiger partial charge in [-0.2, -0.15) is 4.98 Å². The summed E-state index contributed by atoms with van der Waals surface area (Å²) in [6.45, 7) is 0.635. The molecule has 1 aromatic carbocycles. The van der Waals surface area contributed by atoms with Gasteiger partial charge in [-0.3, -0.25) is 4.79 Å². The van der Waals surface area contributed by atoms with Crippen LogP contribution in [-0.4, -0.2) is 32.6 Å². The largest absolute Gasteiger partial charge is 0.506 e. The van der Waals surface area contributed by atoms with E-state index in [1.807, 2.05) is 0 Å². The Hall–Kier alpha value is -2.08. The topological polar surface area (TPSA) is 79.5 Å². The van der Waals surface area contributed by atoms with Crippen LogP contribution in [-0.2, 0) is 0 Å². The van der Waals surface area contributed by atoms with Crippen molar-refractivity contribution in [2.45, 2.75) is 31.7 Å². The van der Waals surface area contributed by atoms with Crippen LogP contribution in [0.15, 0.2) is 29.1 Å². The van der Waals surface area contributed by atoms with Crippen molar-refractivity contribution in [2.24, 2.45) is 0 Å². The molecular weight excluding hydrogens is 306 g/mol. The number of amides is 1. The Balaban J connectivity index is 1.91. The highest BCUT2D eigenvalue weighted by Crippen LogP contribution is 2.31. The molecule has 1 N–H and O–H groups in total. The highest BCUT2D eigenvalue weighted by atomic mass is 35.5. The molecule has 0 bridgehead atoms. The first-order valence-corrected chi connectivity index (χ1v) is 7.60. The number of aromatic hydroxyl groups is 1. The van der Waals surface area contributed by atoms with Gasteiger partial charge in [-0.05, 0) is 31.0 Å². The maximum atomic E-state index is 12.8. The Kier molecular flexibility index (Phi) is 4.29. The third-order valence-electron chi connectivity index (χ3n) is 3.88. The average Bonchev–Trinajstić information content (AvgIpc) is 2.94. The second-order valence-electron chi connectivity index (χ2n) is 5.32. The molecule has 0 radical (unpaired) electrons. The van der Waals surface area contributed by atoms with E-state index in [2.05, 4.69) is 10.1 Å². The Morgan fingerprint density at radius 1 is 1.36 bits per heavy atom. The van der Waals surface area contributed by atoms with E-state index in [1.54, 1.807) is 11.0 Å². The third kappa shape index (κ3) is 2.92. The van der Waals surface area contributed by atoms with E-state index >= 15 is 0 Å². The fourth-order valence-electron chi connectivity index (χ4n) is 2.75. The van der Waals surface area contributed by atoms with Gasteiger partial charge in [0, 0.05) is 12.1 Å². The molecule has 1 aromatic heterocycles. The zero-order valence-corrected chi connectivity index (χ0v) is 12.7. The molecular formula is C15H16ClN3O3. The molecule has 1 aliphatic heterocycles. The minimum atomic E-state index is -0.193. The van der Waals surface area contributed by atoms with Gasteiger partial charge in [0.2, 0.25) is 6.39 Å². The molecule has 7 heteroatoms. The number of phenolic OH excluding ortho intramolecular Hbond substituents is 1. The van der Waals surface area contributed by atoms with Crippen LogP contribution >= 0.6 is 11.6 Å². The number of hydrogen-bond acceptors (Lipinski definition) is 5. The van der Waals surface area contributed by atoms with Crippen molar-refractivity contribution in [3.63, 3.8) is 0 Å². The number of rotatable bonds is 2. The molecule has 1 fully saturated rings. The monoisotopic (exact) mass is 321 g/mol. The molecule has 3 rings (SSSR count). The Bertz CT molecular complexity index is 660. The van der Waals surface area contributed by atoms with E-state index in [-0.39, 0.29) is 22.7 Å². The van der Waals surface area contributed by atoms with Crippen molar-refractivity contribution in [1.29, 1.82) is 0 Å². The first-order chi connectivity index (χ1) is 10.7. The highest BCUT2D eigenvalue weighted by Gasteiger charge is 2.30. The van der Waals surface area contributed by atoms with Crippen LogP contribution < -0.4 is 0 Å². The number of carbonyl (C=O) groups is 1. The fraction of sp³-hybridized carbons (Fsp3) is 0.400. The van der Waals surface area contributed by atoms with Crippen LogP contribution in [0.5, 0.6) is 5.75 Å². The summed E-state index contributed by atoms with van der Waals surface area (Å²) in [6.07, 6.45) is 5.09. The third-order valence-corrected chi connectivity index (χ3v) is 4.19. The molecule has 0 aliphatic carbocycles. The summed E-state index contributed by atoms with van der Waals surface area (Å²) in [7, 11) is 0. The summed E-state index contributed by atoms with van der Waals surface area (Å²) >= 11 is 5.90. The Morgan fingerprint density at radius 3 is 2.95 bits per heavy atom. The number of carbonyl (C=O) groups excluding carboxylic acids is 1. The second kappa shape index (κ2) is 6.36. The van der Waals surface area contributed by atoms with Crippen LogP contribution in [0.4, 0.5) is 0 Å². The molecule has 1 amide bonds. The van der Waals surface area contributed by atoms with E-state index in [4.69, 9.17) is 16.1 Å². The van der Waals surface area contributed by atoms with E-state index in [1.165, 1.54) is 18.5 Å². The van der Waals surface area contributed by atoms with Crippen molar-refractivity contribution >= 4 is 17.5 Å². The number of aromatic nitrogens is 2. The summed E-state index contributed by atoms with van der Waals surface area (Å²) in [4.78, 5) is 18.7. The van der Waals surface area contributed by atoms with E-state index < -0.39 is 0 Å². The SMILES string of the molecule is O=C(c1ccc(O)c(Cl)c1)N1CCCCCC1c1ncon1. The lowest BCUT2D eigenvalue weighted by Crippen LogP contribution is -2.35. The lowest BCUT2D eigenvalue weighted by molar-refractivity contribution is 0.0670. The Labute approximate surface area is 132 Å². The van der Waals surface area contributed by atoms with Gasteiger partial charge in [0.05, 0.1) is 11.1 Å². The number of benzene rings is 1. The fourth-order valence-corrected chi connectivity index (χ4v) is 2.93. The zero-order chi connectivity index (χ0) is 15.5. The summed E-state index contributed by atoms with van der Waals surface area (Å²) < 4.78 is 4.82. The second-order valence-corrected chi connectivity index (χ2v) is 5.73. The van der Waals surface area contributed by atoms with Crippen molar-refractivity contribution in [1.82, 2.24) is 15.0 Å². The summed E-state index contributed by atoms with van der Waals surface area (Å²) in [6, 6.07) is 4.29. The molecule has 2 heterocycles. The molecule has 1 atom stereocenters. The standard InChI is InChI=1S/C15H16ClN3O3/c16-11-8-10(5-6-13(11)20)15(21)19-7-3-1-2-4-12(19)14-17-9-22-18-14/h5-6,8-9,12,20H,1-4,7H2. The van der Waals surface area contributed by atoms with Gasteiger partial charge in [0.25, 0.3) is 5.91 Å². The summed E-state index contributed by atoms with van der Waals surface area (Å²) in [5, 5.41) is 13.6. The van der Waals surface area contributed by atoms with Crippen LogP contribution in [0, 0.1) is 0 Å². The molecule has 1 aliphatic rings. The van der Waals surface area contributed by atoms with Crippen LogP contribution in [0.1, 0.15) is 47.9 Å². The van der Waals surface area contributed by atoms with Crippen molar-refractivity contribution < 1.29 is 14.4 Å². The number of hydrogen-bond donors (Lipinski definition) is 1. The Morgan fingerprint density at radius 2 is 2.23 bits per heavy atom. The maximum absolute atomic E-state index is 12.8. The summed E-state index contributed by atoms with van der Waals surface area (Å²) in [5.74, 6) is 0.350. The van der Waals surface area contributed by atoms with E-state index in [9.17, 15) is 9.90 Å². The maximum Gasteiger partial charge on any atom is 0.254 e. The lowest BCUT2D eigenvalue weighted by atomic mass is 10.1. The predicted molar refractivity (Wildman–Crippen MR) is 79.7 cm³/mol. The van der Waals surface area contributed by atoms with Gasteiger partial charge < -0.3 is 14.5 Å². The van der Waals surface area contributed by atoms with Crippen molar-refractivity contribution in [3.8, 4) is 5.75 Å². The molecule has 1 saturated heterocycles. The van der Waals surface area contributed by atoms with Gasteiger partial charge in [0.1, 0.15) is 5.75 Å². The van der Waals surface area contributed by atoms with Gasteiger partial charge in [-0.25, -0.2) is 0 Å². The van der Waals surface area contributed by atoms with Crippen LogP contribution in [0.3, 0.4) is 0 Å².